The van der Waals surface area contributed by atoms with Crippen LogP contribution >= 0.6 is 12.2 Å². The van der Waals surface area contributed by atoms with Gasteiger partial charge in [0.05, 0.1) is 4.99 Å². The Hall–Kier alpha value is -0.360. The highest BCUT2D eigenvalue weighted by atomic mass is 32.1. The minimum absolute atomic E-state index is 0.0949. The van der Waals surface area contributed by atoms with E-state index in [9.17, 15) is 13.2 Å². The number of piperidine rings is 1. The zero-order valence-corrected chi connectivity index (χ0v) is 12.4. The molecule has 2 nitrogen and oxygen atoms in total. The van der Waals surface area contributed by atoms with Gasteiger partial charge in [-0.15, -0.1) is 0 Å². The molecule has 1 atom stereocenters. The van der Waals surface area contributed by atoms with Crippen LogP contribution in [0.3, 0.4) is 0 Å². The lowest BCUT2D eigenvalue weighted by atomic mass is 9.74. The third kappa shape index (κ3) is 4.31. The van der Waals surface area contributed by atoms with Gasteiger partial charge in [-0.3, -0.25) is 0 Å². The number of thiocarbonyl (C=S) groups is 1. The fraction of sp³-hybridized carbons (Fsp3) is 0.923. The van der Waals surface area contributed by atoms with Crippen LogP contribution in [0.15, 0.2) is 0 Å². The van der Waals surface area contributed by atoms with Gasteiger partial charge in [0.25, 0.3) is 0 Å². The van der Waals surface area contributed by atoms with Gasteiger partial charge in [-0.05, 0) is 31.3 Å². The molecule has 0 radical (unpaired) electrons. The van der Waals surface area contributed by atoms with E-state index in [4.69, 9.17) is 5.73 Å². The first-order chi connectivity index (χ1) is 8.74. The predicted octanol–water partition coefficient (Wildman–Crippen LogP) is 3.35. The zero-order chi connectivity index (χ0) is 14.7. The second kappa shape index (κ2) is 6.39. The van der Waals surface area contributed by atoms with Crippen LogP contribution in [0.25, 0.3) is 0 Å². The maximum absolute atomic E-state index is 12.8. The molecular formula is C13H23F3N2S. The summed E-state index contributed by atoms with van der Waals surface area (Å²) in [4.78, 5) is 1.40. The summed E-state index contributed by atoms with van der Waals surface area (Å²) in [5.41, 5.74) is 5.54. The monoisotopic (exact) mass is 296 g/mol. The van der Waals surface area contributed by atoms with E-state index in [1.54, 1.807) is 0 Å². The van der Waals surface area contributed by atoms with Gasteiger partial charge in [0.1, 0.15) is 5.92 Å². The van der Waals surface area contributed by atoms with Crippen molar-refractivity contribution < 1.29 is 13.2 Å². The maximum Gasteiger partial charge on any atom is 0.399 e. The third-order valence-corrected chi connectivity index (χ3v) is 4.88. The summed E-state index contributed by atoms with van der Waals surface area (Å²) < 4.78 is 38.4. The Morgan fingerprint density at radius 3 is 2.05 bits per heavy atom. The van der Waals surface area contributed by atoms with Crippen molar-refractivity contribution in [2.45, 2.75) is 45.7 Å². The minimum Gasteiger partial charge on any atom is -0.393 e. The summed E-state index contributed by atoms with van der Waals surface area (Å²) in [7, 11) is 0. The number of nitrogens with two attached hydrogens (primary N) is 1. The molecule has 6 heteroatoms. The van der Waals surface area contributed by atoms with E-state index in [-0.39, 0.29) is 6.54 Å². The van der Waals surface area contributed by atoms with Gasteiger partial charge in [0, 0.05) is 6.54 Å². The largest absolute Gasteiger partial charge is 0.399 e. The molecule has 2 N–H and O–H groups in total. The van der Waals surface area contributed by atoms with Crippen LogP contribution in [-0.2, 0) is 0 Å². The van der Waals surface area contributed by atoms with Crippen molar-refractivity contribution in [1.82, 2.24) is 4.90 Å². The Morgan fingerprint density at radius 2 is 1.74 bits per heavy atom. The fourth-order valence-corrected chi connectivity index (χ4v) is 2.99. The highest BCUT2D eigenvalue weighted by Crippen LogP contribution is 2.38. The van der Waals surface area contributed by atoms with Crippen molar-refractivity contribution in [3.05, 3.63) is 0 Å². The number of hydrogen-bond acceptors (Lipinski definition) is 2. The Morgan fingerprint density at radius 1 is 1.26 bits per heavy atom. The Labute approximate surface area is 118 Å². The van der Waals surface area contributed by atoms with E-state index in [1.165, 1.54) is 0 Å². The van der Waals surface area contributed by atoms with Crippen LogP contribution in [0.1, 0.15) is 39.5 Å². The third-order valence-electron chi connectivity index (χ3n) is 4.60. The summed E-state index contributed by atoms with van der Waals surface area (Å²) in [5, 5.41) is 0. The Bertz CT molecular complexity index is 304. The molecule has 1 rings (SSSR count). The minimum atomic E-state index is -4.34. The van der Waals surface area contributed by atoms with Crippen molar-refractivity contribution in [2.24, 2.45) is 17.1 Å². The number of rotatable bonds is 5. The van der Waals surface area contributed by atoms with E-state index in [0.29, 0.717) is 18.5 Å². The van der Waals surface area contributed by atoms with E-state index in [0.717, 1.165) is 25.7 Å². The summed E-state index contributed by atoms with van der Waals surface area (Å²) in [6, 6.07) is 0. The molecule has 0 amide bonds. The average molecular weight is 296 g/mol. The van der Waals surface area contributed by atoms with Crippen molar-refractivity contribution >= 4 is 17.2 Å². The predicted molar refractivity (Wildman–Crippen MR) is 75.0 cm³/mol. The SMILES string of the molecule is CCC1(CC)CCN(CC(C(N)=S)C(F)(F)F)CC1. The molecule has 1 unspecified atom stereocenters. The molecular weight excluding hydrogens is 273 g/mol. The van der Waals surface area contributed by atoms with Crippen LogP contribution in [-0.4, -0.2) is 35.7 Å². The molecule has 0 aliphatic carbocycles. The quantitative estimate of drug-likeness (QED) is 0.789. The van der Waals surface area contributed by atoms with Gasteiger partial charge < -0.3 is 10.6 Å². The van der Waals surface area contributed by atoms with Crippen LogP contribution in [0.5, 0.6) is 0 Å². The molecule has 0 bridgehead atoms. The number of hydrogen-bond donors (Lipinski definition) is 1. The van der Waals surface area contributed by atoms with Crippen molar-refractivity contribution in [2.75, 3.05) is 19.6 Å². The molecule has 1 heterocycles. The highest BCUT2D eigenvalue weighted by molar-refractivity contribution is 7.80. The van der Waals surface area contributed by atoms with Crippen molar-refractivity contribution in [3.8, 4) is 0 Å². The average Bonchev–Trinajstić information content (AvgIpc) is 2.35. The van der Waals surface area contributed by atoms with Crippen LogP contribution in [0.4, 0.5) is 13.2 Å². The Kier molecular flexibility index (Phi) is 5.62. The molecule has 0 aromatic carbocycles. The molecule has 1 fully saturated rings. The van der Waals surface area contributed by atoms with Gasteiger partial charge in [-0.1, -0.05) is 38.9 Å². The lowest BCUT2D eigenvalue weighted by Crippen LogP contribution is -2.47. The number of likely N-dealkylation sites (tertiary alicyclic amines) is 1. The molecule has 112 valence electrons. The van der Waals surface area contributed by atoms with Gasteiger partial charge >= 0.3 is 6.18 Å². The van der Waals surface area contributed by atoms with E-state index < -0.39 is 17.1 Å². The molecule has 0 saturated carbocycles. The fourth-order valence-electron chi connectivity index (χ4n) is 2.78. The topological polar surface area (TPSA) is 29.3 Å². The second-order valence-corrected chi connectivity index (χ2v) is 5.98. The lowest BCUT2D eigenvalue weighted by Gasteiger charge is -2.42. The molecule has 0 aromatic heterocycles. The summed E-state index contributed by atoms with van der Waals surface area (Å²) in [6.07, 6.45) is -0.232. The maximum atomic E-state index is 12.8. The number of halogens is 3. The standard InChI is InChI=1S/C13H23F3N2S/c1-3-12(4-2)5-7-18(8-6-12)9-10(11(17)19)13(14,15)16/h10H,3-9H2,1-2H3,(H2,17,19). The molecule has 19 heavy (non-hydrogen) atoms. The summed E-state index contributed by atoms with van der Waals surface area (Å²) >= 11 is 4.56. The summed E-state index contributed by atoms with van der Waals surface area (Å²) in [6.45, 7) is 5.63. The van der Waals surface area contributed by atoms with Gasteiger partial charge in [0.15, 0.2) is 0 Å². The van der Waals surface area contributed by atoms with Crippen molar-refractivity contribution in [1.29, 1.82) is 0 Å². The lowest BCUT2D eigenvalue weighted by molar-refractivity contribution is -0.160. The molecule has 1 aliphatic heterocycles. The normalized spacial score (nSPS) is 22.2. The van der Waals surface area contributed by atoms with E-state index >= 15 is 0 Å². The Balaban J connectivity index is 2.59. The van der Waals surface area contributed by atoms with Gasteiger partial charge in [0.2, 0.25) is 0 Å². The van der Waals surface area contributed by atoms with E-state index in [1.807, 2.05) is 4.90 Å². The first-order valence-corrected chi connectivity index (χ1v) is 7.23. The zero-order valence-electron chi connectivity index (χ0n) is 11.6. The molecule has 0 aromatic rings. The second-order valence-electron chi connectivity index (χ2n) is 5.50. The first-order valence-electron chi connectivity index (χ1n) is 6.82. The molecule has 0 spiro atoms. The van der Waals surface area contributed by atoms with Gasteiger partial charge in [-0.2, -0.15) is 13.2 Å². The highest BCUT2D eigenvalue weighted by Gasteiger charge is 2.43. The van der Waals surface area contributed by atoms with E-state index in [2.05, 4.69) is 26.1 Å². The van der Waals surface area contributed by atoms with Gasteiger partial charge in [-0.25, -0.2) is 0 Å². The number of alkyl halides is 3. The van der Waals surface area contributed by atoms with Crippen molar-refractivity contribution in [3.63, 3.8) is 0 Å². The van der Waals surface area contributed by atoms with Crippen LogP contribution < -0.4 is 5.73 Å². The summed E-state index contributed by atoms with van der Waals surface area (Å²) in [5.74, 6) is -1.68. The molecule has 1 saturated heterocycles. The smallest absolute Gasteiger partial charge is 0.393 e. The molecule has 1 aliphatic rings. The van der Waals surface area contributed by atoms with Crippen LogP contribution in [0.2, 0.25) is 0 Å². The first kappa shape index (κ1) is 16.7. The number of nitrogens with zero attached hydrogens (tertiary/aromatic N) is 1. The van der Waals surface area contributed by atoms with Crippen LogP contribution in [0, 0.1) is 11.3 Å².